The number of hydrogen-bond donors (Lipinski definition) is 2. The average Bonchev–Trinajstić information content (AvgIpc) is 2.25. The summed E-state index contributed by atoms with van der Waals surface area (Å²) in [7, 11) is 0. The third kappa shape index (κ3) is 2.31. The van der Waals surface area contributed by atoms with Crippen molar-refractivity contribution in [2.45, 2.75) is 19.3 Å². The van der Waals surface area contributed by atoms with Crippen LogP contribution in [0.15, 0.2) is 18.2 Å². The van der Waals surface area contributed by atoms with Gasteiger partial charge in [-0.25, -0.2) is 4.39 Å². The summed E-state index contributed by atoms with van der Waals surface area (Å²) < 4.78 is 13.2. The fraction of sp³-hybridized carbons (Fsp3) is 0.333. The maximum Gasteiger partial charge on any atom is 0.319 e. The van der Waals surface area contributed by atoms with E-state index in [4.69, 9.17) is 5.11 Å². The molecule has 1 aromatic carbocycles. The predicted octanol–water partition coefficient (Wildman–Crippen LogP) is 1.93. The maximum absolute atomic E-state index is 13.2. The smallest absolute Gasteiger partial charge is 0.319 e. The fourth-order valence-electron chi connectivity index (χ4n) is 2.07. The number of carboxylic acid groups (broad SMARTS) is 1. The number of halogens is 1. The monoisotopic (exact) mass is 282 g/mol. The molecule has 20 heavy (non-hydrogen) atoms. The third-order valence-electron chi connectivity index (χ3n) is 3.40. The number of nitro benzene ring substituents is 1. The molecule has 1 saturated carbocycles. The van der Waals surface area contributed by atoms with Crippen LogP contribution in [-0.2, 0) is 9.59 Å². The van der Waals surface area contributed by atoms with Gasteiger partial charge >= 0.3 is 5.97 Å². The highest BCUT2D eigenvalue weighted by Crippen LogP contribution is 2.42. The molecule has 0 bridgehead atoms. The molecule has 0 radical (unpaired) electrons. The predicted molar refractivity (Wildman–Crippen MR) is 65.6 cm³/mol. The molecular formula is C12H11FN2O5. The Balaban J connectivity index is 2.24. The van der Waals surface area contributed by atoms with Crippen molar-refractivity contribution >= 4 is 23.3 Å². The van der Waals surface area contributed by atoms with Gasteiger partial charge < -0.3 is 10.4 Å². The molecule has 1 amide bonds. The molecule has 2 rings (SSSR count). The van der Waals surface area contributed by atoms with Crippen LogP contribution in [-0.4, -0.2) is 21.9 Å². The van der Waals surface area contributed by atoms with Crippen molar-refractivity contribution in [1.82, 2.24) is 0 Å². The highest BCUT2D eigenvalue weighted by Gasteiger charge is 2.51. The minimum Gasteiger partial charge on any atom is -0.480 e. The molecule has 0 unspecified atom stereocenters. The van der Waals surface area contributed by atoms with E-state index >= 15 is 0 Å². The Hall–Kier alpha value is -2.51. The van der Waals surface area contributed by atoms with E-state index < -0.39 is 33.7 Å². The number of carbonyl (C=O) groups excluding carboxylic acids is 1. The van der Waals surface area contributed by atoms with Crippen LogP contribution < -0.4 is 5.32 Å². The number of nitro groups is 1. The molecule has 0 spiro atoms. The second kappa shape index (κ2) is 4.87. The van der Waals surface area contributed by atoms with Crippen molar-refractivity contribution in [2.24, 2.45) is 5.41 Å². The Morgan fingerprint density at radius 3 is 2.45 bits per heavy atom. The van der Waals surface area contributed by atoms with E-state index in [-0.39, 0.29) is 18.5 Å². The highest BCUT2D eigenvalue weighted by molar-refractivity contribution is 6.09. The molecule has 0 aromatic heterocycles. The van der Waals surface area contributed by atoms with Gasteiger partial charge in [-0.1, -0.05) is 6.42 Å². The Bertz CT molecular complexity index is 598. The Labute approximate surface area is 112 Å². The van der Waals surface area contributed by atoms with E-state index in [1.165, 1.54) is 0 Å². The molecular weight excluding hydrogens is 271 g/mol. The van der Waals surface area contributed by atoms with Gasteiger partial charge in [0.15, 0.2) is 0 Å². The van der Waals surface area contributed by atoms with E-state index in [1.54, 1.807) is 0 Å². The molecule has 106 valence electrons. The van der Waals surface area contributed by atoms with Crippen LogP contribution in [0.2, 0.25) is 0 Å². The van der Waals surface area contributed by atoms with Crippen LogP contribution in [0.25, 0.3) is 0 Å². The van der Waals surface area contributed by atoms with E-state index in [0.717, 1.165) is 12.1 Å². The molecule has 0 heterocycles. The number of nitrogens with zero attached hydrogens (tertiary/aromatic N) is 1. The fourth-order valence-corrected chi connectivity index (χ4v) is 2.07. The van der Waals surface area contributed by atoms with Crippen molar-refractivity contribution < 1.29 is 24.0 Å². The Kier molecular flexibility index (Phi) is 3.39. The van der Waals surface area contributed by atoms with Crippen LogP contribution in [0.1, 0.15) is 19.3 Å². The van der Waals surface area contributed by atoms with Crippen molar-refractivity contribution in [3.05, 3.63) is 34.1 Å². The summed E-state index contributed by atoms with van der Waals surface area (Å²) >= 11 is 0. The largest absolute Gasteiger partial charge is 0.480 e. The molecule has 0 saturated heterocycles. The summed E-state index contributed by atoms with van der Waals surface area (Å²) in [5, 5.41) is 21.9. The molecule has 0 aliphatic heterocycles. The first-order valence-electron chi connectivity index (χ1n) is 5.85. The van der Waals surface area contributed by atoms with E-state index in [9.17, 15) is 24.1 Å². The second-order valence-electron chi connectivity index (χ2n) is 4.65. The van der Waals surface area contributed by atoms with Gasteiger partial charge in [0.1, 0.15) is 11.2 Å². The van der Waals surface area contributed by atoms with Crippen LogP contribution in [0, 0.1) is 21.3 Å². The van der Waals surface area contributed by atoms with Gasteiger partial charge in [0.05, 0.1) is 16.7 Å². The maximum atomic E-state index is 13.2. The van der Waals surface area contributed by atoms with Crippen LogP contribution in [0.3, 0.4) is 0 Å². The lowest BCUT2D eigenvalue weighted by atomic mass is 9.68. The standard InChI is InChI=1S/C12H11FN2O5/c13-7-4-8(6-9(5-7)15(19)20)14-10(16)12(11(17)18)2-1-3-12/h4-6H,1-3H2,(H,14,16)(H,17,18). The second-order valence-corrected chi connectivity index (χ2v) is 4.65. The summed E-state index contributed by atoms with van der Waals surface area (Å²) in [4.78, 5) is 32.9. The van der Waals surface area contributed by atoms with E-state index in [1.807, 2.05) is 0 Å². The van der Waals surface area contributed by atoms with Gasteiger partial charge in [0.25, 0.3) is 5.69 Å². The van der Waals surface area contributed by atoms with Gasteiger partial charge in [-0.3, -0.25) is 19.7 Å². The van der Waals surface area contributed by atoms with Crippen LogP contribution in [0.5, 0.6) is 0 Å². The van der Waals surface area contributed by atoms with Gasteiger partial charge in [-0.15, -0.1) is 0 Å². The highest BCUT2D eigenvalue weighted by atomic mass is 19.1. The van der Waals surface area contributed by atoms with E-state index in [2.05, 4.69) is 5.32 Å². The number of hydrogen-bond acceptors (Lipinski definition) is 4. The average molecular weight is 282 g/mol. The number of non-ortho nitro benzene ring substituents is 1. The number of anilines is 1. The zero-order valence-corrected chi connectivity index (χ0v) is 10.3. The summed E-state index contributed by atoms with van der Waals surface area (Å²) in [5.41, 5.74) is -2.16. The van der Waals surface area contributed by atoms with Gasteiger partial charge in [-0.05, 0) is 18.9 Å². The number of carboxylic acids is 1. The first-order chi connectivity index (χ1) is 9.35. The normalized spacial score (nSPS) is 16.1. The van der Waals surface area contributed by atoms with Crippen LogP contribution in [0.4, 0.5) is 15.8 Å². The molecule has 2 N–H and O–H groups in total. The quantitative estimate of drug-likeness (QED) is 0.498. The van der Waals surface area contributed by atoms with Gasteiger partial charge in [-0.2, -0.15) is 0 Å². The zero-order valence-electron chi connectivity index (χ0n) is 10.3. The lowest BCUT2D eigenvalue weighted by molar-refractivity contribution is -0.385. The number of nitrogens with one attached hydrogen (secondary N) is 1. The minimum atomic E-state index is -1.51. The number of benzene rings is 1. The third-order valence-corrected chi connectivity index (χ3v) is 3.40. The Morgan fingerprint density at radius 1 is 1.35 bits per heavy atom. The molecule has 7 nitrogen and oxygen atoms in total. The molecule has 0 atom stereocenters. The van der Waals surface area contributed by atoms with Crippen molar-refractivity contribution in [3.8, 4) is 0 Å². The lowest BCUT2D eigenvalue weighted by Gasteiger charge is -2.35. The molecule has 1 aliphatic rings. The van der Waals surface area contributed by atoms with Crippen molar-refractivity contribution in [3.63, 3.8) is 0 Å². The van der Waals surface area contributed by atoms with Crippen molar-refractivity contribution in [2.75, 3.05) is 5.32 Å². The molecule has 1 aliphatic carbocycles. The summed E-state index contributed by atoms with van der Waals surface area (Å²) in [6, 6.07) is 2.60. The molecule has 1 aromatic rings. The zero-order chi connectivity index (χ0) is 14.9. The first-order valence-corrected chi connectivity index (χ1v) is 5.85. The Morgan fingerprint density at radius 2 is 2.00 bits per heavy atom. The van der Waals surface area contributed by atoms with Crippen molar-refractivity contribution in [1.29, 1.82) is 0 Å². The van der Waals surface area contributed by atoms with E-state index in [0.29, 0.717) is 12.5 Å². The SMILES string of the molecule is O=C(O)C1(C(=O)Nc2cc(F)cc([N+](=O)[O-])c2)CCC1. The molecule has 8 heteroatoms. The summed E-state index contributed by atoms with van der Waals surface area (Å²) in [5.74, 6) is -2.91. The van der Waals surface area contributed by atoms with Crippen LogP contribution >= 0.6 is 0 Å². The summed E-state index contributed by atoms with van der Waals surface area (Å²) in [6.07, 6.45) is 1.01. The lowest BCUT2D eigenvalue weighted by Crippen LogP contribution is -2.48. The topological polar surface area (TPSA) is 110 Å². The summed E-state index contributed by atoms with van der Waals surface area (Å²) in [6.45, 7) is 0. The number of aliphatic carboxylic acids is 1. The first kappa shape index (κ1) is 13.9. The van der Waals surface area contributed by atoms with Gasteiger partial charge in [0.2, 0.25) is 5.91 Å². The molecule has 1 fully saturated rings. The minimum absolute atomic E-state index is 0.130. The van der Waals surface area contributed by atoms with Gasteiger partial charge in [0, 0.05) is 6.07 Å². The number of carbonyl (C=O) groups is 2. The number of amides is 1. The number of rotatable bonds is 4.